The lowest BCUT2D eigenvalue weighted by atomic mass is 10.1. The molecule has 0 saturated heterocycles. The van der Waals surface area contributed by atoms with E-state index in [-0.39, 0.29) is 5.91 Å². The molecule has 6 heteroatoms. The number of amides is 1. The first kappa shape index (κ1) is 22.2. The highest BCUT2D eigenvalue weighted by Crippen LogP contribution is 2.33. The molecule has 1 amide bonds. The second kappa shape index (κ2) is 9.98. The van der Waals surface area contributed by atoms with Gasteiger partial charge in [-0.1, -0.05) is 42.5 Å². The van der Waals surface area contributed by atoms with Gasteiger partial charge in [-0.15, -0.1) is 0 Å². The standard InChI is InChI=1S/C25H29N3O3/c1-6-10-20-13-21(14-23(30-4)24(20)31-5)25(29)26-15-22-17(2)27-28(18(22)3)16-19-11-8-7-9-12-19/h6-14H,15-16H2,1-5H3,(H,26,29)/b10-6+. The van der Waals surface area contributed by atoms with Crippen LogP contribution in [0.15, 0.2) is 48.5 Å². The van der Waals surface area contributed by atoms with E-state index in [0.29, 0.717) is 30.2 Å². The quantitative estimate of drug-likeness (QED) is 0.583. The molecule has 0 bridgehead atoms. The smallest absolute Gasteiger partial charge is 0.251 e. The van der Waals surface area contributed by atoms with Gasteiger partial charge in [0.1, 0.15) is 0 Å². The average molecular weight is 420 g/mol. The molecule has 1 heterocycles. The van der Waals surface area contributed by atoms with Crippen LogP contribution in [0.3, 0.4) is 0 Å². The summed E-state index contributed by atoms with van der Waals surface area (Å²) in [5, 5.41) is 7.68. The number of rotatable bonds is 8. The lowest BCUT2D eigenvalue weighted by Gasteiger charge is -2.13. The van der Waals surface area contributed by atoms with Crippen LogP contribution in [0.5, 0.6) is 11.5 Å². The number of hydrogen-bond donors (Lipinski definition) is 1. The third-order valence-electron chi connectivity index (χ3n) is 5.25. The summed E-state index contributed by atoms with van der Waals surface area (Å²) in [6.07, 6.45) is 3.78. The predicted octanol–water partition coefficient (Wildman–Crippen LogP) is 4.53. The second-order valence-electron chi connectivity index (χ2n) is 7.28. The number of ether oxygens (including phenoxy) is 2. The summed E-state index contributed by atoms with van der Waals surface area (Å²) in [6, 6.07) is 13.7. The average Bonchev–Trinajstić information content (AvgIpc) is 3.04. The van der Waals surface area contributed by atoms with Crippen LogP contribution in [0.4, 0.5) is 0 Å². The van der Waals surface area contributed by atoms with Crippen molar-refractivity contribution in [1.82, 2.24) is 15.1 Å². The van der Waals surface area contributed by atoms with Crippen molar-refractivity contribution in [3.63, 3.8) is 0 Å². The molecule has 1 N–H and O–H groups in total. The van der Waals surface area contributed by atoms with E-state index in [1.165, 1.54) is 5.56 Å². The summed E-state index contributed by atoms with van der Waals surface area (Å²) >= 11 is 0. The molecule has 2 aromatic carbocycles. The zero-order valence-electron chi connectivity index (χ0n) is 18.7. The van der Waals surface area contributed by atoms with Gasteiger partial charge in [-0.05, 0) is 38.5 Å². The monoisotopic (exact) mass is 419 g/mol. The lowest BCUT2D eigenvalue weighted by molar-refractivity contribution is 0.0950. The van der Waals surface area contributed by atoms with Crippen LogP contribution in [0.25, 0.3) is 6.08 Å². The van der Waals surface area contributed by atoms with Gasteiger partial charge in [0.05, 0.1) is 26.5 Å². The van der Waals surface area contributed by atoms with Gasteiger partial charge in [0, 0.05) is 28.9 Å². The van der Waals surface area contributed by atoms with Gasteiger partial charge < -0.3 is 14.8 Å². The van der Waals surface area contributed by atoms with Crippen LogP contribution in [0.2, 0.25) is 0 Å². The minimum Gasteiger partial charge on any atom is -0.493 e. The molecule has 0 unspecified atom stereocenters. The first-order valence-electron chi connectivity index (χ1n) is 10.2. The Bertz CT molecular complexity index is 1090. The number of allylic oxidation sites excluding steroid dienone is 1. The number of benzene rings is 2. The van der Waals surface area contributed by atoms with E-state index in [1.54, 1.807) is 26.4 Å². The van der Waals surface area contributed by atoms with Crippen LogP contribution in [-0.4, -0.2) is 29.9 Å². The molecule has 3 aromatic rings. The van der Waals surface area contributed by atoms with E-state index in [2.05, 4.69) is 22.5 Å². The minimum absolute atomic E-state index is 0.179. The van der Waals surface area contributed by atoms with E-state index in [1.807, 2.05) is 55.8 Å². The third kappa shape index (κ3) is 4.97. The Labute approximate surface area is 183 Å². The van der Waals surface area contributed by atoms with Gasteiger partial charge in [-0.3, -0.25) is 9.48 Å². The number of nitrogens with zero attached hydrogens (tertiary/aromatic N) is 2. The Kier molecular flexibility index (Phi) is 7.13. The van der Waals surface area contributed by atoms with Gasteiger partial charge in [-0.25, -0.2) is 0 Å². The molecule has 0 spiro atoms. The Hall–Kier alpha value is -3.54. The van der Waals surface area contributed by atoms with Crippen molar-refractivity contribution in [3.8, 4) is 11.5 Å². The Morgan fingerprint density at radius 2 is 1.87 bits per heavy atom. The predicted molar refractivity (Wildman–Crippen MR) is 123 cm³/mol. The first-order chi connectivity index (χ1) is 15.0. The Balaban J connectivity index is 1.79. The third-order valence-corrected chi connectivity index (χ3v) is 5.25. The highest BCUT2D eigenvalue weighted by molar-refractivity contribution is 5.96. The molecule has 6 nitrogen and oxygen atoms in total. The maximum atomic E-state index is 12.9. The van der Waals surface area contributed by atoms with Gasteiger partial charge in [-0.2, -0.15) is 5.10 Å². The van der Waals surface area contributed by atoms with Gasteiger partial charge in [0.25, 0.3) is 5.91 Å². The number of aromatic nitrogens is 2. The summed E-state index contributed by atoms with van der Waals surface area (Å²) in [5.41, 5.74) is 5.47. The van der Waals surface area contributed by atoms with Crippen molar-refractivity contribution in [1.29, 1.82) is 0 Å². The molecular formula is C25H29N3O3. The fourth-order valence-corrected chi connectivity index (χ4v) is 3.60. The van der Waals surface area contributed by atoms with Crippen molar-refractivity contribution >= 4 is 12.0 Å². The molecule has 0 radical (unpaired) electrons. The molecule has 0 atom stereocenters. The molecule has 0 saturated carbocycles. The molecule has 162 valence electrons. The number of methoxy groups -OCH3 is 2. The summed E-state index contributed by atoms with van der Waals surface area (Å²) in [6.45, 7) is 7.02. The fraction of sp³-hybridized carbons (Fsp3) is 0.280. The van der Waals surface area contributed by atoms with Crippen LogP contribution in [0.1, 0.15) is 45.4 Å². The summed E-state index contributed by atoms with van der Waals surface area (Å²) < 4.78 is 12.8. The molecule has 3 rings (SSSR count). The summed E-state index contributed by atoms with van der Waals surface area (Å²) in [7, 11) is 3.15. The van der Waals surface area contributed by atoms with E-state index < -0.39 is 0 Å². The number of nitrogens with one attached hydrogen (secondary N) is 1. The van der Waals surface area contributed by atoms with Crippen molar-refractivity contribution in [2.24, 2.45) is 0 Å². The van der Waals surface area contributed by atoms with Crippen LogP contribution in [0, 0.1) is 13.8 Å². The van der Waals surface area contributed by atoms with Gasteiger partial charge in [0.15, 0.2) is 11.5 Å². The van der Waals surface area contributed by atoms with Crippen molar-refractivity contribution < 1.29 is 14.3 Å². The maximum absolute atomic E-state index is 12.9. The largest absolute Gasteiger partial charge is 0.493 e. The molecule has 0 aliphatic carbocycles. The number of hydrogen-bond acceptors (Lipinski definition) is 4. The maximum Gasteiger partial charge on any atom is 0.251 e. The molecule has 1 aromatic heterocycles. The van der Waals surface area contributed by atoms with Crippen molar-refractivity contribution in [2.75, 3.05) is 14.2 Å². The number of carbonyl (C=O) groups is 1. The van der Waals surface area contributed by atoms with Gasteiger partial charge in [0.2, 0.25) is 0 Å². The van der Waals surface area contributed by atoms with Gasteiger partial charge >= 0.3 is 0 Å². The highest BCUT2D eigenvalue weighted by atomic mass is 16.5. The van der Waals surface area contributed by atoms with Crippen LogP contribution in [-0.2, 0) is 13.1 Å². The zero-order valence-corrected chi connectivity index (χ0v) is 18.7. The van der Waals surface area contributed by atoms with Crippen LogP contribution >= 0.6 is 0 Å². The Morgan fingerprint density at radius 1 is 1.13 bits per heavy atom. The minimum atomic E-state index is -0.179. The lowest BCUT2D eigenvalue weighted by Crippen LogP contribution is -2.23. The molecule has 31 heavy (non-hydrogen) atoms. The molecule has 0 fully saturated rings. The second-order valence-corrected chi connectivity index (χ2v) is 7.28. The van der Waals surface area contributed by atoms with E-state index >= 15 is 0 Å². The summed E-state index contributed by atoms with van der Waals surface area (Å²) in [5.74, 6) is 0.943. The SMILES string of the molecule is C/C=C/c1cc(C(=O)NCc2c(C)nn(Cc3ccccc3)c2C)cc(OC)c1OC. The summed E-state index contributed by atoms with van der Waals surface area (Å²) in [4.78, 5) is 12.9. The first-order valence-corrected chi connectivity index (χ1v) is 10.2. The number of carbonyl (C=O) groups excluding carboxylic acids is 1. The normalized spacial score (nSPS) is 11.0. The zero-order chi connectivity index (χ0) is 22.4. The molecule has 0 aliphatic heterocycles. The topological polar surface area (TPSA) is 65.4 Å². The van der Waals surface area contributed by atoms with E-state index in [0.717, 1.165) is 22.5 Å². The van der Waals surface area contributed by atoms with Crippen LogP contribution < -0.4 is 14.8 Å². The number of aryl methyl sites for hydroxylation is 1. The Morgan fingerprint density at radius 3 is 2.52 bits per heavy atom. The van der Waals surface area contributed by atoms with Crippen molar-refractivity contribution in [2.45, 2.75) is 33.9 Å². The van der Waals surface area contributed by atoms with Crippen molar-refractivity contribution in [3.05, 3.63) is 82.2 Å². The fourth-order valence-electron chi connectivity index (χ4n) is 3.60. The molecule has 0 aliphatic rings. The molecular weight excluding hydrogens is 390 g/mol. The van der Waals surface area contributed by atoms with E-state index in [4.69, 9.17) is 9.47 Å². The van der Waals surface area contributed by atoms with E-state index in [9.17, 15) is 4.79 Å². The highest BCUT2D eigenvalue weighted by Gasteiger charge is 2.17.